The van der Waals surface area contributed by atoms with Crippen molar-refractivity contribution in [3.8, 4) is 0 Å². The molecule has 0 bridgehead atoms. The van der Waals surface area contributed by atoms with E-state index in [1.54, 1.807) is 19.2 Å². The highest BCUT2D eigenvalue weighted by Crippen LogP contribution is 2.35. The molecule has 2 aromatic carbocycles. The van der Waals surface area contributed by atoms with Gasteiger partial charge < -0.3 is 19.9 Å². The van der Waals surface area contributed by atoms with E-state index in [0.717, 1.165) is 22.6 Å². The van der Waals surface area contributed by atoms with Gasteiger partial charge in [0.2, 0.25) is 0 Å². The lowest BCUT2D eigenvalue weighted by atomic mass is 10.1. The van der Waals surface area contributed by atoms with E-state index >= 15 is 0 Å². The number of nitrogens with zero attached hydrogens (tertiary/aromatic N) is 1. The van der Waals surface area contributed by atoms with Gasteiger partial charge in [-0.1, -0.05) is 35.3 Å². The van der Waals surface area contributed by atoms with Crippen molar-refractivity contribution in [1.82, 2.24) is 0 Å². The van der Waals surface area contributed by atoms with Gasteiger partial charge in [-0.2, -0.15) is 13.2 Å². The van der Waals surface area contributed by atoms with E-state index in [1.165, 1.54) is 6.07 Å². The van der Waals surface area contributed by atoms with E-state index in [0.29, 0.717) is 48.6 Å². The molecule has 2 N–H and O–H groups in total. The van der Waals surface area contributed by atoms with Crippen molar-refractivity contribution < 1.29 is 27.6 Å². The van der Waals surface area contributed by atoms with Crippen LogP contribution in [0.25, 0.3) is 0 Å². The largest absolute Gasteiger partial charge is 0.416 e. The fraction of sp³-hybridized carbons (Fsp3) is 0.381. The van der Waals surface area contributed by atoms with Gasteiger partial charge in [-0.15, -0.1) is 0 Å². The van der Waals surface area contributed by atoms with Crippen LogP contribution in [-0.2, 0) is 22.3 Å². The van der Waals surface area contributed by atoms with Crippen molar-refractivity contribution in [3.63, 3.8) is 0 Å². The van der Waals surface area contributed by atoms with Gasteiger partial charge in [0.25, 0.3) is 5.91 Å². The average Bonchev–Trinajstić information content (AvgIpc) is 2.71. The zero-order chi connectivity index (χ0) is 22.6. The lowest BCUT2D eigenvalue weighted by Gasteiger charge is -2.31. The Balaban J connectivity index is 1.74. The minimum absolute atomic E-state index is 0.0433. The van der Waals surface area contributed by atoms with Gasteiger partial charge in [0, 0.05) is 18.7 Å². The summed E-state index contributed by atoms with van der Waals surface area (Å²) in [6.45, 7) is 2.50. The summed E-state index contributed by atoms with van der Waals surface area (Å²) in [6.07, 6.45) is -4.51. The number of anilines is 2. The number of halogens is 5. The summed E-state index contributed by atoms with van der Waals surface area (Å²) < 4.78 is 45.0. The number of hydrogen-bond donors (Lipinski definition) is 2. The third kappa shape index (κ3) is 6.26. The first-order valence-corrected chi connectivity index (χ1v) is 10.5. The molecule has 1 aliphatic heterocycles. The van der Waals surface area contributed by atoms with Crippen LogP contribution in [0, 0.1) is 0 Å². The van der Waals surface area contributed by atoms with Crippen LogP contribution in [0.1, 0.15) is 11.1 Å². The molecule has 3 rings (SSSR count). The Morgan fingerprint density at radius 2 is 1.90 bits per heavy atom. The predicted molar refractivity (Wildman–Crippen MR) is 115 cm³/mol. The Hall–Kier alpha value is -2.00. The van der Waals surface area contributed by atoms with Crippen LogP contribution in [0.5, 0.6) is 0 Å². The molecule has 1 unspecified atom stereocenters. The standard InChI is InChI=1S/C21H22Cl2F3N3O2/c1-28(12-14-3-2-4-16(22)20(14)23)13-19(30)27-17-11-15(21(24,25)26)5-6-18(17)29-7-9-31-10-8-29/h2-6,11H,7-10,12-13H2,1H3,(H,27,30)/p+1. The molecule has 168 valence electrons. The van der Waals surface area contributed by atoms with Gasteiger partial charge >= 0.3 is 6.18 Å². The van der Waals surface area contributed by atoms with Crippen LogP contribution in [0.2, 0.25) is 10.0 Å². The Bertz CT molecular complexity index is 935. The Labute approximate surface area is 188 Å². The first kappa shape index (κ1) is 23.7. The number of ether oxygens (including phenoxy) is 1. The van der Waals surface area contributed by atoms with E-state index < -0.39 is 17.6 Å². The lowest BCUT2D eigenvalue weighted by molar-refractivity contribution is -0.885. The molecule has 31 heavy (non-hydrogen) atoms. The van der Waals surface area contributed by atoms with Crippen molar-refractivity contribution in [3.05, 3.63) is 57.6 Å². The maximum absolute atomic E-state index is 13.2. The summed E-state index contributed by atoms with van der Waals surface area (Å²) in [5, 5.41) is 3.52. The number of nitrogens with one attached hydrogen (secondary N) is 2. The van der Waals surface area contributed by atoms with Crippen LogP contribution in [0.15, 0.2) is 36.4 Å². The summed E-state index contributed by atoms with van der Waals surface area (Å²) in [4.78, 5) is 15.4. The second-order valence-corrected chi connectivity index (χ2v) is 8.19. The third-order valence-electron chi connectivity index (χ3n) is 4.94. The fourth-order valence-corrected chi connectivity index (χ4v) is 3.82. The van der Waals surface area contributed by atoms with Gasteiger partial charge in [-0.3, -0.25) is 4.79 Å². The summed E-state index contributed by atoms with van der Waals surface area (Å²) >= 11 is 12.2. The van der Waals surface area contributed by atoms with Gasteiger partial charge in [0.15, 0.2) is 6.54 Å². The van der Waals surface area contributed by atoms with Gasteiger partial charge in [-0.25, -0.2) is 0 Å². The van der Waals surface area contributed by atoms with E-state index in [4.69, 9.17) is 27.9 Å². The normalized spacial score (nSPS) is 15.6. The van der Waals surface area contributed by atoms with E-state index in [9.17, 15) is 18.0 Å². The molecule has 0 aromatic heterocycles. The number of amides is 1. The second-order valence-electron chi connectivity index (χ2n) is 7.40. The number of quaternary nitrogens is 1. The number of hydrogen-bond acceptors (Lipinski definition) is 3. The van der Waals surface area contributed by atoms with E-state index in [1.807, 2.05) is 11.0 Å². The van der Waals surface area contributed by atoms with Crippen LogP contribution in [0.4, 0.5) is 24.5 Å². The van der Waals surface area contributed by atoms with Crippen LogP contribution >= 0.6 is 23.2 Å². The van der Waals surface area contributed by atoms with Crippen LogP contribution < -0.4 is 15.1 Å². The topological polar surface area (TPSA) is 46.0 Å². The van der Waals surface area contributed by atoms with Crippen LogP contribution in [0.3, 0.4) is 0 Å². The highest BCUT2D eigenvalue weighted by Gasteiger charge is 2.32. The van der Waals surface area contributed by atoms with Crippen LogP contribution in [-0.4, -0.2) is 45.8 Å². The summed E-state index contributed by atoms with van der Waals surface area (Å²) in [5.41, 5.74) is 0.647. The number of rotatable bonds is 6. The smallest absolute Gasteiger partial charge is 0.378 e. The summed E-state index contributed by atoms with van der Waals surface area (Å²) in [6, 6.07) is 8.67. The zero-order valence-corrected chi connectivity index (χ0v) is 18.4. The highest BCUT2D eigenvalue weighted by molar-refractivity contribution is 6.42. The van der Waals surface area contributed by atoms with E-state index in [-0.39, 0.29) is 12.2 Å². The maximum atomic E-state index is 13.2. The minimum atomic E-state index is -4.51. The Morgan fingerprint density at radius 3 is 2.58 bits per heavy atom. The lowest BCUT2D eigenvalue weighted by Crippen LogP contribution is -3.08. The maximum Gasteiger partial charge on any atom is 0.416 e. The molecule has 1 fully saturated rings. The molecular formula is C21H23Cl2F3N3O2+. The SMILES string of the molecule is C[NH+](CC(=O)Nc1cc(C(F)(F)F)ccc1N1CCOCC1)Cc1cccc(Cl)c1Cl. The molecule has 10 heteroatoms. The number of benzene rings is 2. The van der Waals surface area contributed by atoms with Gasteiger partial charge in [0.05, 0.1) is 47.2 Å². The molecular weight excluding hydrogens is 454 g/mol. The molecule has 0 spiro atoms. The van der Waals surface area contributed by atoms with Gasteiger partial charge in [-0.05, 0) is 24.3 Å². The molecule has 1 heterocycles. The second kappa shape index (κ2) is 10.1. The number of alkyl halides is 3. The quantitative estimate of drug-likeness (QED) is 0.670. The molecule has 5 nitrogen and oxygen atoms in total. The zero-order valence-electron chi connectivity index (χ0n) is 16.9. The number of morpholine rings is 1. The number of carbonyl (C=O) groups excluding carboxylic acids is 1. The molecule has 0 aliphatic carbocycles. The molecule has 2 aromatic rings. The minimum Gasteiger partial charge on any atom is -0.378 e. The highest BCUT2D eigenvalue weighted by atomic mass is 35.5. The first-order chi connectivity index (χ1) is 14.6. The van der Waals surface area contributed by atoms with E-state index in [2.05, 4.69) is 5.32 Å². The fourth-order valence-electron chi connectivity index (χ4n) is 3.43. The van der Waals surface area contributed by atoms with Gasteiger partial charge in [0.1, 0.15) is 6.54 Å². The number of carbonyl (C=O) groups is 1. The average molecular weight is 477 g/mol. The third-order valence-corrected chi connectivity index (χ3v) is 5.79. The monoisotopic (exact) mass is 476 g/mol. The first-order valence-electron chi connectivity index (χ1n) is 9.73. The molecule has 0 saturated carbocycles. The Kier molecular flexibility index (Phi) is 7.69. The summed E-state index contributed by atoms with van der Waals surface area (Å²) in [5.74, 6) is -0.399. The van der Waals surface area contributed by atoms with Crippen molar-refractivity contribution in [2.75, 3.05) is 50.1 Å². The number of likely N-dealkylation sites (N-methyl/N-ethyl adjacent to an activating group) is 1. The van der Waals surface area contributed by atoms with Crippen molar-refractivity contribution in [2.45, 2.75) is 12.7 Å². The molecule has 1 aliphatic rings. The molecule has 1 atom stereocenters. The molecule has 1 saturated heterocycles. The predicted octanol–water partition coefficient (Wildman–Crippen LogP) is 3.50. The van der Waals surface area contributed by atoms with Crippen molar-refractivity contribution in [2.24, 2.45) is 0 Å². The molecule has 0 radical (unpaired) electrons. The van der Waals surface area contributed by atoms with Crippen molar-refractivity contribution in [1.29, 1.82) is 0 Å². The Morgan fingerprint density at radius 1 is 1.19 bits per heavy atom. The summed E-state index contributed by atoms with van der Waals surface area (Å²) in [7, 11) is 1.80. The van der Waals surface area contributed by atoms with Crippen molar-refractivity contribution >= 4 is 40.5 Å². The molecule has 1 amide bonds.